The lowest BCUT2D eigenvalue weighted by molar-refractivity contribution is -0.130. The molecule has 0 aliphatic heterocycles. The summed E-state index contributed by atoms with van der Waals surface area (Å²) in [6.45, 7) is 5.75. The highest BCUT2D eigenvalue weighted by Crippen LogP contribution is 2.63. The van der Waals surface area contributed by atoms with Crippen LogP contribution in [-0.4, -0.2) is 11.6 Å². The smallest absolute Gasteiger partial charge is 0.178 e. The zero-order valence-corrected chi connectivity index (χ0v) is 13.8. The molecule has 118 valence electrons. The number of fused-ring (bicyclic) bond motifs is 3. The van der Waals surface area contributed by atoms with Gasteiger partial charge in [0.05, 0.1) is 17.1 Å². The summed E-state index contributed by atoms with van der Waals surface area (Å²) in [7, 11) is 0. The molecule has 0 aromatic carbocycles. The maximum Gasteiger partial charge on any atom is 0.178 e. The summed E-state index contributed by atoms with van der Waals surface area (Å²) in [6.07, 6.45) is 5.71. The predicted octanol–water partition coefficient (Wildman–Crippen LogP) is 3.26. The summed E-state index contributed by atoms with van der Waals surface area (Å²) < 4.78 is 0. The Morgan fingerprint density at radius 3 is 2.48 bits per heavy atom. The second kappa shape index (κ2) is 4.65. The van der Waals surface area contributed by atoms with Crippen molar-refractivity contribution in [2.45, 2.75) is 46.5 Å². The van der Waals surface area contributed by atoms with Crippen molar-refractivity contribution in [3.05, 3.63) is 23.3 Å². The van der Waals surface area contributed by atoms with Crippen LogP contribution >= 0.6 is 0 Å². The molecule has 0 aromatic heterocycles. The van der Waals surface area contributed by atoms with E-state index in [1.165, 1.54) is 0 Å². The van der Waals surface area contributed by atoms with Gasteiger partial charge in [-0.05, 0) is 36.8 Å². The molecule has 0 amide bonds. The molecule has 0 radical (unpaired) electrons. The Balaban J connectivity index is 2.29. The van der Waals surface area contributed by atoms with E-state index in [1.807, 2.05) is 26.8 Å². The second-order valence-corrected chi connectivity index (χ2v) is 7.81. The third-order valence-electron chi connectivity index (χ3n) is 6.26. The van der Waals surface area contributed by atoms with Crippen LogP contribution in [0.3, 0.4) is 0 Å². The third-order valence-corrected chi connectivity index (χ3v) is 6.26. The largest absolute Gasteiger partial charge is 0.295 e. The molecular formula is C19H20N2O2. The molecule has 0 saturated heterocycles. The highest BCUT2D eigenvalue weighted by molar-refractivity contribution is 6.04. The number of nitriles is 2. The van der Waals surface area contributed by atoms with Crippen LogP contribution in [0.5, 0.6) is 0 Å². The van der Waals surface area contributed by atoms with Gasteiger partial charge in [-0.3, -0.25) is 9.59 Å². The zero-order chi connectivity index (χ0) is 17.0. The average Bonchev–Trinajstić information content (AvgIpc) is 2.52. The Morgan fingerprint density at radius 2 is 1.87 bits per heavy atom. The second-order valence-electron chi connectivity index (χ2n) is 7.81. The topological polar surface area (TPSA) is 81.7 Å². The number of hydrogen-bond donors (Lipinski definition) is 0. The van der Waals surface area contributed by atoms with Crippen LogP contribution in [0.2, 0.25) is 0 Å². The normalized spacial score (nSPS) is 38.4. The van der Waals surface area contributed by atoms with Gasteiger partial charge in [-0.2, -0.15) is 10.5 Å². The molecule has 3 aliphatic carbocycles. The quantitative estimate of drug-likeness (QED) is 0.687. The summed E-state index contributed by atoms with van der Waals surface area (Å²) in [4.78, 5) is 24.6. The van der Waals surface area contributed by atoms with Crippen LogP contribution in [-0.2, 0) is 9.59 Å². The van der Waals surface area contributed by atoms with Crippen LogP contribution in [0.1, 0.15) is 46.5 Å². The number of allylic oxidation sites excluding steroid dienone is 4. The molecule has 1 fully saturated rings. The first-order chi connectivity index (χ1) is 10.7. The van der Waals surface area contributed by atoms with Gasteiger partial charge in [-0.15, -0.1) is 0 Å². The van der Waals surface area contributed by atoms with Gasteiger partial charge in [0, 0.05) is 17.3 Å². The van der Waals surface area contributed by atoms with Crippen molar-refractivity contribution < 1.29 is 9.59 Å². The lowest BCUT2D eigenvalue weighted by Gasteiger charge is -2.56. The van der Waals surface area contributed by atoms with Gasteiger partial charge in [0.1, 0.15) is 6.07 Å². The fourth-order valence-corrected chi connectivity index (χ4v) is 5.07. The lowest BCUT2D eigenvalue weighted by Crippen LogP contribution is -2.53. The van der Waals surface area contributed by atoms with Gasteiger partial charge in [-0.25, -0.2) is 0 Å². The van der Waals surface area contributed by atoms with Crippen LogP contribution in [0.4, 0.5) is 0 Å². The van der Waals surface area contributed by atoms with Gasteiger partial charge in [0.2, 0.25) is 0 Å². The summed E-state index contributed by atoms with van der Waals surface area (Å²) in [5.74, 6) is -0.0951. The fraction of sp³-hybridized carbons (Fsp3) is 0.579. The first-order valence-corrected chi connectivity index (χ1v) is 8.06. The summed E-state index contributed by atoms with van der Waals surface area (Å²) >= 11 is 0. The van der Waals surface area contributed by atoms with Crippen LogP contribution in [0.15, 0.2) is 23.3 Å². The molecule has 0 heterocycles. The third kappa shape index (κ3) is 1.88. The first-order valence-electron chi connectivity index (χ1n) is 8.06. The van der Waals surface area contributed by atoms with E-state index in [1.54, 1.807) is 12.2 Å². The van der Waals surface area contributed by atoms with E-state index in [-0.39, 0.29) is 23.1 Å². The molecule has 23 heavy (non-hydrogen) atoms. The fourth-order valence-electron chi connectivity index (χ4n) is 5.07. The van der Waals surface area contributed by atoms with Gasteiger partial charge in [0.25, 0.3) is 0 Å². The van der Waals surface area contributed by atoms with E-state index in [9.17, 15) is 20.1 Å². The molecule has 3 rings (SSSR count). The minimum atomic E-state index is -0.669. The minimum absolute atomic E-state index is 0.00164. The maximum absolute atomic E-state index is 12.6. The molecule has 0 bridgehead atoms. The van der Waals surface area contributed by atoms with Crippen molar-refractivity contribution in [1.82, 2.24) is 0 Å². The van der Waals surface area contributed by atoms with Crippen LogP contribution < -0.4 is 0 Å². The molecule has 3 atom stereocenters. The molecule has 3 aliphatic rings. The van der Waals surface area contributed by atoms with Crippen LogP contribution in [0.25, 0.3) is 0 Å². The molecule has 0 unspecified atom stereocenters. The van der Waals surface area contributed by atoms with Gasteiger partial charge in [0.15, 0.2) is 11.6 Å². The SMILES string of the molecule is CC1(C)C(=O)C(C#N)=C[C@]2(C)C3=CC(=O)CC[C@]3(C#N)CC[C@@H]12. The Bertz CT molecular complexity index is 759. The van der Waals surface area contributed by atoms with E-state index in [2.05, 4.69) is 6.07 Å². The number of Topliss-reactive ketones (excluding diaryl/α,β-unsaturated/α-hetero) is 1. The van der Waals surface area contributed by atoms with E-state index < -0.39 is 16.2 Å². The molecule has 0 spiro atoms. The number of rotatable bonds is 0. The van der Waals surface area contributed by atoms with E-state index >= 15 is 0 Å². The summed E-state index contributed by atoms with van der Waals surface area (Å²) in [6, 6.07) is 4.47. The van der Waals surface area contributed by atoms with Crippen molar-refractivity contribution in [3.63, 3.8) is 0 Å². The van der Waals surface area contributed by atoms with Gasteiger partial charge in [-0.1, -0.05) is 26.8 Å². The van der Waals surface area contributed by atoms with E-state index in [0.717, 1.165) is 12.0 Å². The number of carbonyl (C=O) groups is 2. The highest BCUT2D eigenvalue weighted by atomic mass is 16.1. The molecule has 4 nitrogen and oxygen atoms in total. The van der Waals surface area contributed by atoms with E-state index in [4.69, 9.17) is 0 Å². The highest BCUT2D eigenvalue weighted by Gasteiger charge is 2.60. The van der Waals surface area contributed by atoms with Gasteiger partial charge < -0.3 is 0 Å². The average molecular weight is 308 g/mol. The van der Waals surface area contributed by atoms with Crippen molar-refractivity contribution in [2.75, 3.05) is 0 Å². The Kier molecular flexibility index (Phi) is 3.17. The molecule has 0 N–H and O–H groups in total. The first kappa shape index (κ1) is 15.7. The van der Waals surface area contributed by atoms with E-state index in [0.29, 0.717) is 19.3 Å². The number of nitrogens with zero attached hydrogens (tertiary/aromatic N) is 2. The zero-order valence-electron chi connectivity index (χ0n) is 13.8. The molecule has 4 heteroatoms. The van der Waals surface area contributed by atoms with Crippen LogP contribution in [0, 0.1) is 44.8 Å². The molecule has 0 aromatic rings. The van der Waals surface area contributed by atoms with Gasteiger partial charge >= 0.3 is 0 Å². The van der Waals surface area contributed by atoms with Crippen molar-refractivity contribution >= 4 is 11.6 Å². The summed E-state index contributed by atoms with van der Waals surface area (Å²) in [5, 5.41) is 19.2. The number of carbonyl (C=O) groups excluding carboxylic acids is 2. The Hall–Kier alpha value is -2.20. The molecular weight excluding hydrogens is 288 g/mol. The molecule has 1 saturated carbocycles. The Labute approximate surface area is 136 Å². The standard InChI is InChI=1S/C19H20N2O2/c1-17(2)14-5-7-19(11-21)6-4-13(22)8-15(19)18(14,3)9-12(10-20)16(17)23/h8-9,14H,4-7H2,1-3H3/t14-,18-,19+/m0/s1. The number of hydrogen-bond acceptors (Lipinski definition) is 4. The predicted molar refractivity (Wildman–Crippen MR) is 83.7 cm³/mol. The maximum atomic E-state index is 12.6. The lowest BCUT2D eigenvalue weighted by atomic mass is 9.45. The monoisotopic (exact) mass is 308 g/mol. The number of ketones is 2. The van der Waals surface area contributed by atoms with Crippen molar-refractivity contribution in [2.24, 2.45) is 22.2 Å². The Morgan fingerprint density at radius 1 is 1.17 bits per heavy atom. The minimum Gasteiger partial charge on any atom is -0.295 e. The van der Waals surface area contributed by atoms with Crippen molar-refractivity contribution in [1.29, 1.82) is 10.5 Å². The van der Waals surface area contributed by atoms with Crippen molar-refractivity contribution in [3.8, 4) is 12.1 Å². The summed E-state index contributed by atoms with van der Waals surface area (Å²) in [5.41, 5.74) is -0.925.